The van der Waals surface area contributed by atoms with Gasteiger partial charge >= 0.3 is 11.9 Å². The molecule has 0 heterocycles. The van der Waals surface area contributed by atoms with E-state index in [0.717, 1.165) is 25.7 Å². The molecule has 0 aliphatic rings. The molecule has 0 aliphatic carbocycles. The fourth-order valence-corrected chi connectivity index (χ4v) is 6.45. The molecule has 0 saturated heterocycles. The highest BCUT2D eigenvalue weighted by Gasteiger charge is 2.04. The van der Waals surface area contributed by atoms with E-state index in [2.05, 4.69) is 38.2 Å². The maximum Gasteiger partial charge on any atom is 0.305 e. The molecule has 0 aromatic rings. The normalized spacial score (nSPS) is 11.7. The molecule has 0 saturated carbocycles. The quantitative estimate of drug-likeness (QED) is 0.0333. The molecule has 0 atom stereocenters. The molecule has 0 aromatic heterocycles. The van der Waals surface area contributed by atoms with Crippen molar-refractivity contribution in [2.24, 2.45) is 0 Å². The summed E-state index contributed by atoms with van der Waals surface area (Å²) < 4.78 is 43.5. The number of unbranched alkanes of at least 4 members (excludes halogenated alkanes) is 22. The summed E-state index contributed by atoms with van der Waals surface area (Å²) in [7, 11) is 0. The van der Waals surface area contributed by atoms with Gasteiger partial charge in [-0.05, 0) is 64.2 Å². The van der Waals surface area contributed by atoms with Crippen LogP contribution in [0, 0.1) is 0 Å². The Balaban J connectivity index is 3.22. The molecule has 354 valence electrons. The molecule has 0 aromatic carbocycles. The van der Waals surface area contributed by atoms with Crippen LogP contribution in [0.2, 0.25) is 0 Å². The Morgan fingerprint density at radius 3 is 0.767 bits per heavy atom. The first-order chi connectivity index (χ1) is 29.7. The molecule has 0 bridgehead atoms. The molecule has 0 amide bonds. The van der Waals surface area contributed by atoms with Crippen molar-refractivity contribution in [3.63, 3.8) is 0 Å². The Bertz CT molecular complexity index is 839. The third-order valence-electron chi connectivity index (χ3n) is 10.1. The number of ether oxygens (including phenoxy) is 8. The van der Waals surface area contributed by atoms with Crippen molar-refractivity contribution in [1.82, 2.24) is 0 Å². The number of rotatable bonds is 51. The highest BCUT2D eigenvalue weighted by Crippen LogP contribution is 2.12. The molecular formula is C50H94O10. The zero-order valence-corrected chi connectivity index (χ0v) is 39.1. The number of hydrogen-bond acceptors (Lipinski definition) is 10. The van der Waals surface area contributed by atoms with Crippen LogP contribution in [0.4, 0.5) is 0 Å². The maximum absolute atomic E-state index is 11.9. The lowest BCUT2D eigenvalue weighted by molar-refractivity contribution is -0.146. The van der Waals surface area contributed by atoms with Crippen LogP contribution >= 0.6 is 0 Å². The summed E-state index contributed by atoms with van der Waals surface area (Å²) in [6.45, 7) is 10.6. The van der Waals surface area contributed by atoms with E-state index in [1.165, 1.54) is 141 Å². The first-order valence-electron chi connectivity index (χ1n) is 24.8. The van der Waals surface area contributed by atoms with E-state index < -0.39 is 0 Å². The van der Waals surface area contributed by atoms with Gasteiger partial charge in [0.15, 0.2) is 0 Å². The van der Waals surface area contributed by atoms with Crippen molar-refractivity contribution in [1.29, 1.82) is 0 Å². The van der Waals surface area contributed by atoms with Gasteiger partial charge in [-0.15, -0.1) is 0 Å². The summed E-state index contributed by atoms with van der Waals surface area (Å²) in [5.41, 5.74) is 0. The Labute approximate surface area is 368 Å². The standard InChI is InChI=1S/C50H94O10/c1-3-5-7-9-11-13-15-17-19-21-23-25-27-29-31-33-49(51)59-47-45-57-43-41-55-39-37-53-35-36-54-38-40-56-42-44-58-46-48-60-50(52)34-32-30-28-26-24-22-20-18-16-14-12-10-8-6-4-2/h17-20H,3-16,21-48H2,1-2H3. The van der Waals surface area contributed by atoms with Crippen molar-refractivity contribution < 1.29 is 47.5 Å². The van der Waals surface area contributed by atoms with Gasteiger partial charge in [0.1, 0.15) is 13.2 Å². The Morgan fingerprint density at radius 2 is 0.500 bits per heavy atom. The number of hydrogen-bond donors (Lipinski definition) is 0. The minimum Gasteiger partial charge on any atom is -0.463 e. The topological polar surface area (TPSA) is 108 Å². The monoisotopic (exact) mass is 855 g/mol. The zero-order valence-electron chi connectivity index (χ0n) is 39.1. The average molecular weight is 855 g/mol. The van der Waals surface area contributed by atoms with E-state index in [4.69, 9.17) is 37.9 Å². The molecule has 0 spiro atoms. The van der Waals surface area contributed by atoms with Gasteiger partial charge in [-0.2, -0.15) is 0 Å². The molecule has 0 rings (SSSR count). The summed E-state index contributed by atoms with van der Waals surface area (Å²) >= 11 is 0. The second-order valence-electron chi connectivity index (χ2n) is 15.8. The summed E-state index contributed by atoms with van der Waals surface area (Å²) in [5, 5.41) is 0. The third-order valence-corrected chi connectivity index (χ3v) is 10.1. The van der Waals surface area contributed by atoms with E-state index in [-0.39, 0.29) is 25.2 Å². The molecule has 10 heteroatoms. The van der Waals surface area contributed by atoms with Crippen molar-refractivity contribution in [3.05, 3.63) is 24.3 Å². The Morgan fingerprint density at radius 1 is 0.283 bits per heavy atom. The molecule has 0 fully saturated rings. The van der Waals surface area contributed by atoms with Crippen molar-refractivity contribution in [2.75, 3.05) is 92.5 Å². The van der Waals surface area contributed by atoms with Crippen molar-refractivity contribution >= 4 is 11.9 Å². The smallest absolute Gasteiger partial charge is 0.305 e. The largest absolute Gasteiger partial charge is 0.463 e. The lowest BCUT2D eigenvalue weighted by atomic mass is 10.1. The van der Waals surface area contributed by atoms with E-state index in [9.17, 15) is 9.59 Å². The summed E-state index contributed by atoms with van der Waals surface area (Å²) in [5.74, 6) is -0.282. The van der Waals surface area contributed by atoms with E-state index >= 15 is 0 Å². The zero-order chi connectivity index (χ0) is 43.3. The minimum absolute atomic E-state index is 0.141. The van der Waals surface area contributed by atoms with Crippen LogP contribution in [0.5, 0.6) is 0 Å². The first kappa shape index (κ1) is 58.2. The van der Waals surface area contributed by atoms with Gasteiger partial charge in [0.25, 0.3) is 0 Å². The van der Waals surface area contributed by atoms with E-state index in [1.54, 1.807) is 0 Å². The van der Waals surface area contributed by atoms with E-state index in [1.807, 2.05) is 0 Å². The number of carbonyl (C=O) groups is 2. The lowest BCUT2D eigenvalue weighted by Crippen LogP contribution is -2.15. The van der Waals surface area contributed by atoms with E-state index in [0.29, 0.717) is 92.1 Å². The third kappa shape index (κ3) is 52.3. The van der Waals surface area contributed by atoms with Crippen LogP contribution in [-0.2, 0) is 47.5 Å². The van der Waals surface area contributed by atoms with Crippen LogP contribution in [0.3, 0.4) is 0 Å². The Kier molecular flexibility index (Phi) is 51.7. The predicted molar refractivity (Wildman–Crippen MR) is 246 cm³/mol. The van der Waals surface area contributed by atoms with Crippen molar-refractivity contribution in [2.45, 2.75) is 194 Å². The van der Waals surface area contributed by atoms with Gasteiger partial charge in [-0.25, -0.2) is 0 Å². The van der Waals surface area contributed by atoms with Crippen LogP contribution in [0.25, 0.3) is 0 Å². The fourth-order valence-electron chi connectivity index (χ4n) is 6.45. The van der Waals surface area contributed by atoms with Gasteiger partial charge < -0.3 is 37.9 Å². The summed E-state index contributed by atoms with van der Waals surface area (Å²) in [4.78, 5) is 23.8. The summed E-state index contributed by atoms with van der Waals surface area (Å²) in [6, 6.07) is 0. The average Bonchev–Trinajstić information content (AvgIpc) is 3.25. The van der Waals surface area contributed by atoms with Crippen LogP contribution < -0.4 is 0 Å². The van der Waals surface area contributed by atoms with Crippen molar-refractivity contribution in [3.8, 4) is 0 Å². The van der Waals surface area contributed by atoms with Crippen LogP contribution in [-0.4, -0.2) is 104 Å². The molecular weight excluding hydrogens is 761 g/mol. The molecule has 0 aliphatic heterocycles. The van der Waals surface area contributed by atoms with Gasteiger partial charge in [0, 0.05) is 12.8 Å². The van der Waals surface area contributed by atoms with Gasteiger partial charge in [0.05, 0.1) is 79.3 Å². The Hall–Kier alpha value is -1.82. The van der Waals surface area contributed by atoms with Crippen LogP contribution in [0.15, 0.2) is 24.3 Å². The highest BCUT2D eigenvalue weighted by molar-refractivity contribution is 5.69. The van der Waals surface area contributed by atoms with Gasteiger partial charge in [0.2, 0.25) is 0 Å². The highest BCUT2D eigenvalue weighted by atomic mass is 16.6. The second-order valence-corrected chi connectivity index (χ2v) is 15.8. The molecule has 0 unspecified atom stereocenters. The number of allylic oxidation sites excluding steroid dienone is 4. The molecule has 10 nitrogen and oxygen atoms in total. The maximum atomic E-state index is 11.9. The summed E-state index contributed by atoms with van der Waals surface area (Å²) in [6.07, 6.45) is 42.7. The lowest BCUT2D eigenvalue weighted by Gasteiger charge is -2.09. The molecule has 0 N–H and O–H groups in total. The molecule has 60 heavy (non-hydrogen) atoms. The SMILES string of the molecule is CCCCCCCCC=CCCCCCCCC(=O)OCCOCCOCCOCCOCCOCCOCCOC(=O)CCCCCCCC=CCCCCCCCC. The van der Waals surface area contributed by atoms with Gasteiger partial charge in [-0.3, -0.25) is 9.59 Å². The molecule has 0 radical (unpaired) electrons. The predicted octanol–water partition coefficient (Wildman–Crippen LogP) is 12.2. The fraction of sp³-hybridized carbons (Fsp3) is 0.880. The van der Waals surface area contributed by atoms with Gasteiger partial charge in [-0.1, -0.05) is 141 Å². The second kappa shape index (κ2) is 53.3. The number of carbonyl (C=O) groups excluding carboxylic acids is 2. The minimum atomic E-state index is -0.141. The van der Waals surface area contributed by atoms with Crippen LogP contribution in [0.1, 0.15) is 194 Å². The number of esters is 2. The first-order valence-corrected chi connectivity index (χ1v) is 24.8.